The number of halogens is 2. The first-order chi connectivity index (χ1) is 14.4. The van der Waals surface area contributed by atoms with Gasteiger partial charge < -0.3 is 24.6 Å². The number of ether oxygens (including phenoxy) is 2. The highest BCUT2D eigenvalue weighted by atomic mass is 79.9. The van der Waals surface area contributed by atoms with Gasteiger partial charge in [0.15, 0.2) is 18.1 Å². The summed E-state index contributed by atoms with van der Waals surface area (Å²) in [6.45, 7) is 3.52. The van der Waals surface area contributed by atoms with Crippen LogP contribution >= 0.6 is 39.7 Å². The smallest absolute Gasteiger partial charge is 0.262 e. The molecular formula is C21H23BrClN3O3S. The van der Waals surface area contributed by atoms with Crippen molar-refractivity contribution < 1.29 is 14.3 Å². The van der Waals surface area contributed by atoms with E-state index in [1.54, 1.807) is 31.4 Å². The third-order valence-corrected chi connectivity index (χ3v) is 6.17. The van der Waals surface area contributed by atoms with Crippen LogP contribution in [0.15, 0.2) is 40.9 Å². The summed E-state index contributed by atoms with van der Waals surface area (Å²) < 4.78 is 11.9. The van der Waals surface area contributed by atoms with Gasteiger partial charge in [-0.05, 0) is 47.2 Å². The van der Waals surface area contributed by atoms with Gasteiger partial charge in [0.05, 0.1) is 22.3 Å². The molecule has 9 heteroatoms. The summed E-state index contributed by atoms with van der Waals surface area (Å²) in [5.74, 6) is 0.618. The molecule has 2 aromatic carbocycles. The first-order valence-electron chi connectivity index (χ1n) is 9.41. The second kappa shape index (κ2) is 10.4. The fourth-order valence-electron chi connectivity index (χ4n) is 3.06. The number of nitrogens with one attached hydrogen (secondary N) is 1. The Morgan fingerprint density at radius 2 is 1.93 bits per heavy atom. The fraction of sp³-hybridized carbons (Fsp3) is 0.333. The van der Waals surface area contributed by atoms with Gasteiger partial charge in [-0.15, -0.1) is 0 Å². The van der Waals surface area contributed by atoms with E-state index in [1.807, 2.05) is 12.1 Å². The van der Waals surface area contributed by atoms with Crippen molar-refractivity contribution in [2.45, 2.75) is 0 Å². The number of anilines is 1. The number of piperazine rings is 1. The van der Waals surface area contributed by atoms with E-state index < -0.39 is 0 Å². The molecule has 1 aliphatic rings. The molecule has 0 spiro atoms. The number of carbonyl (C=O) groups excluding carboxylic acids is 1. The molecule has 1 N–H and O–H groups in total. The highest BCUT2D eigenvalue weighted by Gasteiger charge is 2.21. The number of para-hydroxylation sites is 1. The monoisotopic (exact) mass is 511 g/mol. The van der Waals surface area contributed by atoms with Crippen molar-refractivity contribution in [1.29, 1.82) is 0 Å². The third-order valence-electron chi connectivity index (χ3n) is 4.76. The lowest BCUT2D eigenvalue weighted by Crippen LogP contribution is -2.46. The van der Waals surface area contributed by atoms with Gasteiger partial charge in [-0.25, -0.2) is 0 Å². The van der Waals surface area contributed by atoms with Gasteiger partial charge in [-0.2, -0.15) is 0 Å². The van der Waals surface area contributed by atoms with Crippen LogP contribution in [0.2, 0.25) is 5.02 Å². The van der Waals surface area contributed by atoms with E-state index in [2.05, 4.69) is 38.1 Å². The molecule has 1 amide bonds. The van der Waals surface area contributed by atoms with Crippen LogP contribution in [0.3, 0.4) is 0 Å². The van der Waals surface area contributed by atoms with Crippen LogP contribution in [-0.4, -0.2) is 67.6 Å². The quantitative estimate of drug-likeness (QED) is 0.590. The maximum atomic E-state index is 12.3. The number of likely N-dealkylation sites (N-methyl/N-ethyl adjacent to an activating group) is 1. The Balaban J connectivity index is 1.69. The maximum absolute atomic E-state index is 12.3. The Hall–Kier alpha value is -1.87. The molecule has 30 heavy (non-hydrogen) atoms. The molecule has 2 aromatic rings. The summed E-state index contributed by atoms with van der Waals surface area (Å²) in [6, 6.07) is 10.8. The lowest BCUT2D eigenvalue weighted by atomic mass is 10.1. The number of amides is 1. The first-order valence-corrected chi connectivity index (χ1v) is 11.0. The number of nitrogens with zero attached hydrogens (tertiary/aromatic N) is 2. The van der Waals surface area contributed by atoms with Crippen molar-refractivity contribution in [3.05, 3.63) is 51.5 Å². The summed E-state index contributed by atoms with van der Waals surface area (Å²) in [5.41, 5.74) is 1.40. The number of thiocarbonyl (C=S) groups is 1. The van der Waals surface area contributed by atoms with Crippen molar-refractivity contribution >= 4 is 56.3 Å². The molecule has 160 valence electrons. The van der Waals surface area contributed by atoms with Crippen LogP contribution in [0, 0.1) is 0 Å². The molecule has 0 unspecified atom stereocenters. The van der Waals surface area contributed by atoms with Gasteiger partial charge in [-0.1, -0.05) is 36.0 Å². The SMILES string of the molecule is COc1cc(C(=S)N2CCN(C)CC2)cc(Br)c1OCC(=O)Nc1ccccc1Cl. The number of carbonyl (C=O) groups is 1. The second-order valence-electron chi connectivity index (χ2n) is 6.90. The molecule has 0 aliphatic carbocycles. The van der Waals surface area contributed by atoms with Crippen molar-refractivity contribution in [2.75, 3.05) is 52.3 Å². The Kier molecular flexibility index (Phi) is 7.93. The molecule has 0 aromatic heterocycles. The van der Waals surface area contributed by atoms with Crippen LogP contribution in [-0.2, 0) is 4.79 Å². The van der Waals surface area contributed by atoms with Gasteiger partial charge in [0.1, 0.15) is 4.99 Å². The van der Waals surface area contributed by atoms with Gasteiger partial charge in [0, 0.05) is 31.7 Å². The number of rotatable bonds is 6. The minimum absolute atomic E-state index is 0.192. The average molecular weight is 513 g/mol. The normalized spacial score (nSPS) is 14.3. The second-order valence-corrected chi connectivity index (χ2v) is 8.55. The minimum Gasteiger partial charge on any atom is -0.493 e. The van der Waals surface area contributed by atoms with Gasteiger partial charge in [-0.3, -0.25) is 4.79 Å². The lowest BCUT2D eigenvalue weighted by Gasteiger charge is -2.34. The molecule has 0 saturated carbocycles. The van der Waals surface area contributed by atoms with Crippen LogP contribution in [0.25, 0.3) is 0 Å². The fourth-order valence-corrected chi connectivity index (χ4v) is 4.10. The van der Waals surface area contributed by atoms with Gasteiger partial charge in [0.25, 0.3) is 5.91 Å². The molecule has 1 heterocycles. The van der Waals surface area contributed by atoms with Crippen LogP contribution < -0.4 is 14.8 Å². The van der Waals surface area contributed by atoms with Crippen molar-refractivity contribution in [3.63, 3.8) is 0 Å². The highest BCUT2D eigenvalue weighted by Crippen LogP contribution is 2.37. The molecule has 1 saturated heterocycles. The van der Waals surface area contributed by atoms with E-state index in [0.29, 0.717) is 26.7 Å². The average Bonchev–Trinajstić information content (AvgIpc) is 2.74. The molecule has 1 aliphatic heterocycles. The Bertz CT molecular complexity index is 936. The largest absolute Gasteiger partial charge is 0.493 e. The lowest BCUT2D eigenvalue weighted by molar-refractivity contribution is -0.118. The van der Waals surface area contributed by atoms with Crippen LogP contribution in [0.5, 0.6) is 11.5 Å². The number of hydrogen-bond acceptors (Lipinski definition) is 5. The van der Waals surface area contributed by atoms with E-state index in [1.165, 1.54) is 0 Å². The third kappa shape index (κ3) is 5.63. The molecule has 0 bridgehead atoms. The first kappa shape index (κ1) is 22.8. The Morgan fingerprint density at radius 1 is 1.23 bits per heavy atom. The summed E-state index contributed by atoms with van der Waals surface area (Å²) in [4.78, 5) is 17.5. The van der Waals surface area contributed by atoms with Crippen LogP contribution in [0.4, 0.5) is 5.69 Å². The number of methoxy groups -OCH3 is 1. The molecule has 0 radical (unpaired) electrons. The summed E-state index contributed by atoms with van der Waals surface area (Å²) in [7, 11) is 3.66. The van der Waals surface area contributed by atoms with E-state index >= 15 is 0 Å². The predicted octanol–water partition coefficient (Wildman–Crippen LogP) is 4.05. The van der Waals surface area contributed by atoms with Gasteiger partial charge >= 0.3 is 0 Å². The summed E-state index contributed by atoms with van der Waals surface area (Å²) in [5, 5.41) is 3.19. The molecule has 6 nitrogen and oxygen atoms in total. The number of hydrogen-bond donors (Lipinski definition) is 1. The number of benzene rings is 2. The highest BCUT2D eigenvalue weighted by molar-refractivity contribution is 9.10. The summed E-state index contributed by atoms with van der Waals surface area (Å²) in [6.07, 6.45) is 0. The van der Waals surface area contributed by atoms with Gasteiger partial charge in [0.2, 0.25) is 0 Å². The Morgan fingerprint density at radius 3 is 2.60 bits per heavy atom. The van der Waals surface area contributed by atoms with Crippen molar-refractivity contribution in [1.82, 2.24) is 9.80 Å². The molecule has 3 rings (SSSR count). The van der Waals surface area contributed by atoms with E-state index in [0.717, 1.165) is 36.7 Å². The predicted molar refractivity (Wildman–Crippen MR) is 127 cm³/mol. The summed E-state index contributed by atoms with van der Waals surface area (Å²) >= 11 is 15.3. The minimum atomic E-state index is -0.325. The standard InChI is InChI=1S/C21H23BrClN3O3S/c1-25-7-9-26(10-8-25)21(30)14-11-15(22)20(18(12-14)28-2)29-13-19(27)24-17-6-4-3-5-16(17)23/h3-6,11-12H,7-10,13H2,1-2H3,(H,24,27). The maximum Gasteiger partial charge on any atom is 0.262 e. The molecule has 1 fully saturated rings. The van der Waals surface area contributed by atoms with E-state index in [4.69, 9.17) is 33.3 Å². The molecular weight excluding hydrogens is 490 g/mol. The van der Waals surface area contributed by atoms with E-state index in [9.17, 15) is 4.79 Å². The topological polar surface area (TPSA) is 54.0 Å². The van der Waals surface area contributed by atoms with E-state index in [-0.39, 0.29) is 12.5 Å². The zero-order valence-electron chi connectivity index (χ0n) is 16.8. The van der Waals surface area contributed by atoms with Crippen LogP contribution in [0.1, 0.15) is 5.56 Å². The van der Waals surface area contributed by atoms with Crippen molar-refractivity contribution in [2.24, 2.45) is 0 Å². The van der Waals surface area contributed by atoms with Crippen molar-refractivity contribution in [3.8, 4) is 11.5 Å². The zero-order chi connectivity index (χ0) is 21.7. The molecule has 0 atom stereocenters. The zero-order valence-corrected chi connectivity index (χ0v) is 19.9. The Labute approximate surface area is 195 Å².